The van der Waals surface area contributed by atoms with Crippen LogP contribution in [0.15, 0.2) is 24.3 Å². The number of hydrogen-bond acceptors (Lipinski definition) is 3. The molecule has 1 aromatic rings. The van der Waals surface area contributed by atoms with Gasteiger partial charge in [-0.05, 0) is 31.5 Å². The quantitative estimate of drug-likeness (QED) is 0.925. The number of carbonyl (C=O) groups excluding carboxylic acids is 1. The largest absolute Gasteiger partial charge is 0.375 e. The van der Waals surface area contributed by atoms with Crippen LogP contribution in [0.25, 0.3) is 0 Å². The van der Waals surface area contributed by atoms with Gasteiger partial charge in [-0.1, -0.05) is 23.7 Å². The number of carbonyl (C=O) groups is 1. The molecule has 0 bridgehead atoms. The molecule has 0 spiro atoms. The number of hydrogen-bond donors (Lipinski definition) is 1. The zero-order valence-electron chi connectivity index (χ0n) is 11.9. The molecule has 1 saturated heterocycles. The number of benzene rings is 1. The fourth-order valence-corrected chi connectivity index (χ4v) is 2.62. The van der Waals surface area contributed by atoms with Gasteiger partial charge in [0.2, 0.25) is 5.91 Å². The van der Waals surface area contributed by atoms with Crippen LogP contribution >= 0.6 is 11.6 Å². The van der Waals surface area contributed by atoms with Crippen molar-refractivity contribution in [1.29, 1.82) is 0 Å². The average molecular weight is 297 g/mol. The zero-order valence-corrected chi connectivity index (χ0v) is 12.7. The normalized spacial score (nSPS) is 22.6. The molecule has 1 amide bonds. The van der Waals surface area contributed by atoms with Crippen molar-refractivity contribution < 1.29 is 9.53 Å². The summed E-state index contributed by atoms with van der Waals surface area (Å²) < 4.78 is 5.54. The maximum atomic E-state index is 12.6. The van der Waals surface area contributed by atoms with E-state index in [9.17, 15) is 4.79 Å². The fourth-order valence-electron chi connectivity index (χ4n) is 2.41. The predicted molar refractivity (Wildman–Crippen MR) is 79.7 cm³/mol. The van der Waals surface area contributed by atoms with Crippen molar-refractivity contribution in [1.82, 2.24) is 10.2 Å². The summed E-state index contributed by atoms with van der Waals surface area (Å²) in [5.74, 6) is 0.0830. The van der Waals surface area contributed by atoms with E-state index >= 15 is 0 Å². The van der Waals surface area contributed by atoms with Crippen molar-refractivity contribution in [2.75, 3.05) is 19.7 Å². The summed E-state index contributed by atoms with van der Waals surface area (Å²) in [7, 11) is 0. The van der Waals surface area contributed by atoms with Gasteiger partial charge in [-0.15, -0.1) is 0 Å². The van der Waals surface area contributed by atoms with Crippen molar-refractivity contribution in [2.45, 2.75) is 32.5 Å². The summed E-state index contributed by atoms with van der Waals surface area (Å²) in [6.45, 7) is 6.52. The molecule has 1 aliphatic heterocycles. The molecule has 0 aromatic heterocycles. The first kappa shape index (κ1) is 15.3. The van der Waals surface area contributed by atoms with E-state index in [1.807, 2.05) is 43.0 Å². The second kappa shape index (κ2) is 7.07. The highest BCUT2D eigenvalue weighted by atomic mass is 35.5. The van der Waals surface area contributed by atoms with Gasteiger partial charge in [-0.3, -0.25) is 4.79 Å². The molecule has 110 valence electrons. The lowest BCUT2D eigenvalue weighted by Crippen LogP contribution is -2.56. The number of rotatable bonds is 4. The van der Waals surface area contributed by atoms with Gasteiger partial charge >= 0.3 is 0 Å². The van der Waals surface area contributed by atoms with Crippen molar-refractivity contribution in [3.63, 3.8) is 0 Å². The molecule has 1 aliphatic rings. The lowest BCUT2D eigenvalue weighted by Gasteiger charge is -2.33. The molecule has 2 rings (SSSR count). The molecule has 4 nitrogen and oxygen atoms in total. The highest BCUT2D eigenvalue weighted by Gasteiger charge is 2.31. The zero-order chi connectivity index (χ0) is 14.5. The molecular formula is C15H21ClN2O2. The Kier molecular flexibility index (Phi) is 5.40. The third-order valence-electron chi connectivity index (χ3n) is 3.54. The van der Waals surface area contributed by atoms with Crippen LogP contribution < -0.4 is 5.32 Å². The highest BCUT2D eigenvalue weighted by Crippen LogP contribution is 2.15. The minimum absolute atomic E-state index is 0.0830. The first-order valence-corrected chi connectivity index (χ1v) is 7.38. The topological polar surface area (TPSA) is 41.6 Å². The van der Waals surface area contributed by atoms with Gasteiger partial charge in [0.25, 0.3) is 0 Å². The molecule has 1 heterocycles. The minimum Gasteiger partial charge on any atom is -0.375 e. The summed E-state index contributed by atoms with van der Waals surface area (Å²) in [6.07, 6.45) is -0.0929. The second-order valence-corrected chi connectivity index (χ2v) is 5.43. The third-order valence-corrected chi connectivity index (χ3v) is 3.77. The number of nitrogens with zero attached hydrogens (tertiary/aromatic N) is 1. The summed E-state index contributed by atoms with van der Waals surface area (Å²) in [4.78, 5) is 14.4. The van der Waals surface area contributed by atoms with Gasteiger partial charge in [0.15, 0.2) is 0 Å². The van der Waals surface area contributed by atoms with E-state index in [0.717, 1.165) is 12.1 Å². The number of morpholine rings is 1. The summed E-state index contributed by atoms with van der Waals surface area (Å²) in [5, 5.41) is 3.93. The lowest BCUT2D eigenvalue weighted by molar-refractivity contribution is -0.139. The van der Waals surface area contributed by atoms with Crippen molar-refractivity contribution in [2.24, 2.45) is 0 Å². The Morgan fingerprint density at radius 3 is 3.00 bits per heavy atom. The molecule has 2 atom stereocenters. The Balaban J connectivity index is 2.05. The van der Waals surface area contributed by atoms with Crippen LogP contribution in [-0.2, 0) is 16.1 Å². The molecule has 0 aliphatic carbocycles. The molecule has 1 fully saturated rings. The van der Waals surface area contributed by atoms with Crippen molar-refractivity contribution in [3.8, 4) is 0 Å². The molecule has 1 aromatic carbocycles. The van der Waals surface area contributed by atoms with Gasteiger partial charge in [0.1, 0.15) is 6.04 Å². The van der Waals surface area contributed by atoms with E-state index in [1.165, 1.54) is 0 Å². The molecule has 0 radical (unpaired) electrons. The monoisotopic (exact) mass is 296 g/mol. The molecule has 5 heteroatoms. The van der Waals surface area contributed by atoms with E-state index in [0.29, 0.717) is 24.7 Å². The smallest absolute Gasteiger partial charge is 0.242 e. The van der Waals surface area contributed by atoms with Crippen molar-refractivity contribution in [3.05, 3.63) is 34.9 Å². The number of halogens is 1. The van der Waals surface area contributed by atoms with Crippen LogP contribution in [0.2, 0.25) is 5.02 Å². The van der Waals surface area contributed by atoms with Gasteiger partial charge in [-0.25, -0.2) is 0 Å². The van der Waals surface area contributed by atoms with Gasteiger partial charge in [0, 0.05) is 24.7 Å². The Morgan fingerprint density at radius 1 is 1.55 bits per heavy atom. The predicted octanol–water partition coefficient (Wildman–Crippen LogP) is 2.07. The number of ether oxygens (including phenoxy) is 1. The van der Waals surface area contributed by atoms with Crippen LogP contribution in [0.4, 0.5) is 0 Å². The number of likely N-dealkylation sites (N-methyl/N-ethyl adjacent to an activating group) is 1. The third kappa shape index (κ3) is 3.72. The Labute approximate surface area is 125 Å². The maximum absolute atomic E-state index is 12.6. The fraction of sp³-hybridized carbons (Fsp3) is 0.533. The maximum Gasteiger partial charge on any atom is 0.242 e. The van der Waals surface area contributed by atoms with E-state index < -0.39 is 0 Å². The number of nitrogens with one attached hydrogen (secondary N) is 1. The van der Waals surface area contributed by atoms with Crippen LogP contribution in [0, 0.1) is 0 Å². The van der Waals surface area contributed by atoms with Crippen molar-refractivity contribution >= 4 is 17.5 Å². The summed E-state index contributed by atoms with van der Waals surface area (Å²) in [6, 6.07) is 7.35. The highest BCUT2D eigenvalue weighted by molar-refractivity contribution is 6.30. The standard InChI is InChI=1S/C15H21ClN2O2/c1-3-18(10-12-5-4-6-13(16)9-12)15(19)14-11(2)20-8-7-17-14/h4-6,9,11,14,17H,3,7-8,10H2,1-2H3/t11-,14+/m1/s1. The Morgan fingerprint density at radius 2 is 2.35 bits per heavy atom. The van der Waals surface area contributed by atoms with E-state index in [2.05, 4.69) is 5.32 Å². The van der Waals surface area contributed by atoms with Crippen LogP contribution in [-0.4, -0.2) is 42.6 Å². The summed E-state index contributed by atoms with van der Waals surface area (Å²) >= 11 is 5.99. The Hall–Kier alpha value is -1.10. The summed E-state index contributed by atoms with van der Waals surface area (Å²) in [5.41, 5.74) is 1.04. The lowest BCUT2D eigenvalue weighted by atomic mass is 10.1. The van der Waals surface area contributed by atoms with E-state index in [1.54, 1.807) is 0 Å². The first-order valence-electron chi connectivity index (χ1n) is 7.00. The first-order chi connectivity index (χ1) is 9.61. The second-order valence-electron chi connectivity index (χ2n) is 4.99. The molecule has 0 unspecified atom stereocenters. The van der Waals surface area contributed by atoms with E-state index in [4.69, 9.17) is 16.3 Å². The SMILES string of the molecule is CCN(Cc1cccc(Cl)c1)C(=O)[C@H]1NCCO[C@@H]1C. The van der Waals surface area contributed by atoms with E-state index in [-0.39, 0.29) is 18.1 Å². The van der Waals surface area contributed by atoms with Crippen LogP contribution in [0.1, 0.15) is 19.4 Å². The average Bonchev–Trinajstić information content (AvgIpc) is 2.44. The Bertz CT molecular complexity index is 467. The van der Waals surface area contributed by atoms with Crippen LogP contribution in [0.5, 0.6) is 0 Å². The van der Waals surface area contributed by atoms with Gasteiger partial charge in [-0.2, -0.15) is 0 Å². The van der Waals surface area contributed by atoms with Crippen LogP contribution in [0.3, 0.4) is 0 Å². The molecule has 20 heavy (non-hydrogen) atoms. The van der Waals surface area contributed by atoms with Gasteiger partial charge < -0.3 is 15.0 Å². The molecular weight excluding hydrogens is 276 g/mol. The molecule has 1 N–H and O–H groups in total. The van der Waals surface area contributed by atoms with Gasteiger partial charge in [0.05, 0.1) is 12.7 Å². The molecule has 0 saturated carbocycles. The number of amides is 1. The minimum atomic E-state index is -0.261.